The minimum Gasteiger partial charge on any atom is -0.371 e. The summed E-state index contributed by atoms with van der Waals surface area (Å²) in [5, 5.41) is 0. The van der Waals surface area contributed by atoms with Gasteiger partial charge in [-0.3, -0.25) is 4.79 Å². The number of alkyl halides is 2. The van der Waals surface area contributed by atoms with Crippen LogP contribution in [0.5, 0.6) is 0 Å². The third kappa shape index (κ3) is 2.42. The lowest BCUT2D eigenvalue weighted by molar-refractivity contribution is -0.142. The van der Waals surface area contributed by atoms with Crippen LogP contribution in [0.2, 0.25) is 0 Å². The standard InChI is InChI=1S/C15H17F2NO2/c16-13(17)11-3-1-4-12(9-11)14(19)18-7-8-20-15(10-18)5-2-6-15/h1,3-4,9,13H,2,5-8,10H2. The number of hydrogen-bond donors (Lipinski definition) is 0. The van der Waals surface area contributed by atoms with Crippen molar-refractivity contribution < 1.29 is 18.3 Å². The molecule has 1 saturated heterocycles. The Morgan fingerprint density at radius 1 is 1.35 bits per heavy atom. The Bertz CT molecular complexity index is 514. The minimum absolute atomic E-state index is 0.109. The van der Waals surface area contributed by atoms with Gasteiger partial charge in [-0.15, -0.1) is 0 Å². The van der Waals surface area contributed by atoms with Crippen molar-refractivity contribution in [2.75, 3.05) is 19.7 Å². The number of ether oxygens (including phenoxy) is 1. The molecule has 0 N–H and O–H groups in total. The fraction of sp³-hybridized carbons (Fsp3) is 0.533. The molecule has 1 heterocycles. The summed E-state index contributed by atoms with van der Waals surface area (Å²) in [6, 6.07) is 5.73. The highest BCUT2D eigenvalue weighted by atomic mass is 19.3. The van der Waals surface area contributed by atoms with Gasteiger partial charge in [-0.05, 0) is 31.4 Å². The Kier molecular flexibility index (Phi) is 3.46. The zero-order valence-electron chi connectivity index (χ0n) is 11.1. The van der Waals surface area contributed by atoms with E-state index in [-0.39, 0.29) is 17.1 Å². The van der Waals surface area contributed by atoms with Crippen molar-refractivity contribution in [1.82, 2.24) is 4.90 Å². The van der Waals surface area contributed by atoms with Crippen LogP contribution >= 0.6 is 0 Å². The average molecular weight is 281 g/mol. The molecule has 20 heavy (non-hydrogen) atoms. The summed E-state index contributed by atoms with van der Waals surface area (Å²) < 4.78 is 31.2. The molecule has 108 valence electrons. The molecule has 3 nitrogen and oxygen atoms in total. The molecule has 1 aromatic rings. The normalized spacial score (nSPS) is 21.1. The van der Waals surface area contributed by atoms with Gasteiger partial charge in [-0.2, -0.15) is 0 Å². The topological polar surface area (TPSA) is 29.5 Å². The molecule has 1 aromatic carbocycles. The van der Waals surface area contributed by atoms with E-state index in [1.54, 1.807) is 11.0 Å². The quantitative estimate of drug-likeness (QED) is 0.834. The van der Waals surface area contributed by atoms with E-state index in [2.05, 4.69) is 0 Å². The van der Waals surface area contributed by atoms with Gasteiger partial charge in [0.05, 0.1) is 18.8 Å². The van der Waals surface area contributed by atoms with Crippen LogP contribution in [0.4, 0.5) is 8.78 Å². The highest BCUT2D eigenvalue weighted by Crippen LogP contribution is 2.38. The summed E-state index contributed by atoms with van der Waals surface area (Å²) in [5.74, 6) is -0.179. The van der Waals surface area contributed by atoms with Gasteiger partial charge in [-0.1, -0.05) is 12.1 Å². The number of nitrogens with zero attached hydrogens (tertiary/aromatic N) is 1. The summed E-state index contributed by atoms with van der Waals surface area (Å²) in [5.41, 5.74) is 0.0514. The lowest BCUT2D eigenvalue weighted by atomic mass is 9.79. The SMILES string of the molecule is O=C(c1cccc(C(F)F)c1)N1CCOC2(CCC2)C1. The monoisotopic (exact) mass is 281 g/mol. The van der Waals surface area contributed by atoms with Gasteiger partial charge in [0, 0.05) is 17.7 Å². The summed E-state index contributed by atoms with van der Waals surface area (Å²) in [4.78, 5) is 14.2. The molecular formula is C15H17F2NO2. The van der Waals surface area contributed by atoms with E-state index >= 15 is 0 Å². The first kappa shape index (κ1) is 13.5. The molecule has 0 bridgehead atoms. The first-order chi connectivity index (χ1) is 9.60. The Hall–Kier alpha value is -1.49. The zero-order chi connectivity index (χ0) is 14.2. The minimum atomic E-state index is -2.55. The van der Waals surface area contributed by atoms with Crippen LogP contribution in [0.1, 0.15) is 41.6 Å². The number of hydrogen-bond acceptors (Lipinski definition) is 2. The van der Waals surface area contributed by atoms with E-state index in [9.17, 15) is 13.6 Å². The number of morpholine rings is 1. The van der Waals surface area contributed by atoms with Gasteiger partial charge in [-0.25, -0.2) is 8.78 Å². The van der Waals surface area contributed by atoms with Crippen LogP contribution in [0.25, 0.3) is 0 Å². The molecular weight excluding hydrogens is 264 g/mol. The highest BCUT2D eigenvalue weighted by molar-refractivity contribution is 5.94. The van der Waals surface area contributed by atoms with Crippen LogP contribution < -0.4 is 0 Å². The zero-order valence-corrected chi connectivity index (χ0v) is 11.1. The van der Waals surface area contributed by atoms with E-state index in [0.717, 1.165) is 19.3 Å². The molecule has 2 fully saturated rings. The van der Waals surface area contributed by atoms with Crippen molar-refractivity contribution >= 4 is 5.91 Å². The van der Waals surface area contributed by atoms with Crippen molar-refractivity contribution in [3.8, 4) is 0 Å². The maximum atomic E-state index is 12.7. The molecule has 0 radical (unpaired) electrons. The van der Waals surface area contributed by atoms with E-state index in [0.29, 0.717) is 25.3 Å². The average Bonchev–Trinajstić information content (AvgIpc) is 2.45. The lowest BCUT2D eigenvalue weighted by Crippen LogP contribution is -2.57. The summed E-state index contributed by atoms with van der Waals surface area (Å²) in [7, 11) is 0. The number of amides is 1. The molecule has 5 heteroatoms. The number of carbonyl (C=O) groups is 1. The molecule has 1 aliphatic heterocycles. The number of carbonyl (C=O) groups excluding carboxylic acids is 1. The van der Waals surface area contributed by atoms with Gasteiger partial charge in [0.15, 0.2) is 0 Å². The third-order valence-corrected chi connectivity index (χ3v) is 4.19. The van der Waals surface area contributed by atoms with Gasteiger partial charge in [0.25, 0.3) is 12.3 Å². The molecule has 1 saturated carbocycles. The molecule has 1 amide bonds. The van der Waals surface area contributed by atoms with E-state index < -0.39 is 6.43 Å². The Morgan fingerprint density at radius 3 is 2.80 bits per heavy atom. The van der Waals surface area contributed by atoms with Crippen molar-refractivity contribution in [2.24, 2.45) is 0 Å². The van der Waals surface area contributed by atoms with Crippen molar-refractivity contribution in [1.29, 1.82) is 0 Å². The smallest absolute Gasteiger partial charge is 0.263 e. The van der Waals surface area contributed by atoms with Gasteiger partial charge < -0.3 is 9.64 Å². The fourth-order valence-corrected chi connectivity index (χ4v) is 2.88. The van der Waals surface area contributed by atoms with E-state index in [1.165, 1.54) is 18.2 Å². The Balaban J connectivity index is 1.76. The van der Waals surface area contributed by atoms with Crippen molar-refractivity contribution in [3.05, 3.63) is 35.4 Å². The first-order valence-corrected chi connectivity index (χ1v) is 6.91. The molecule has 0 unspecified atom stereocenters. The number of rotatable bonds is 2. The molecule has 1 spiro atoms. The van der Waals surface area contributed by atoms with Gasteiger partial charge in [0.2, 0.25) is 0 Å². The largest absolute Gasteiger partial charge is 0.371 e. The van der Waals surface area contributed by atoms with Gasteiger partial charge >= 0.3 is 0 Å². The molecule has 2 aliphatic rings. The molecule has 3 rings (SSSR count). The van der Waals surface area contributed by atoms with Crippen LogP contribution in [0, 0.1) is 0 Å². The van der Waals surface area contributed by atoms with E-state index in [4.69, 9.17) is 4.74 Å². The first-order valence-electron chi connectivity index (χ1n) is 6.91. The fourth-order valence-electron chi connectivity index (χ4n) is 2.88. The Labute approximate surface area is 116 Å². The Morgan fingerprint density at radius 2 is 2.15 bits per heavy atom. The molecule has 1 aliphatic carbocycles. The highest BCUT2D eigenvalue weighted by Gasteiger charge is 2.43. The van der Waals surface area contributed by atoms with Crippen LogP contribution in [-0.4, -0.2) is 36.1 Å². The lowest BCUT2D eigenvalue weighted by Gasteiger charge is -2.48. The van der Waals surface area contributed by atoms with Crippen molar-refractivity contribution in [2.45, 2.75) is 31.3 Å². The predicted octanol–water partition coefficient (Wildman–Crippen LogP) is 3.02. The number of benzene rings is 1. The van der Waals surface area contributed by atoms with Gasteiger partial charge in [0.1, 0.15) is 0 Å². The van der Waals surface area contributed by atoms with Crippen molar-refractivity contribution in [3.63, 3.8) is 0 Å². The predicted molar refractivity (Wildman–Crippen MR) is 69.8 cm³/mol. The maximum Gasteiger partial charge on any atom is 0.263 e. The number of halogens is 2. The summed E-state index contributed by atoms with van der Waals surface area (Å²) >= 11 is 0. The second kappa shape index (κ2) is 5.13. The summed E-state index contributed by atoms with van der Waals surface area (Å²) in [6.45, 7) is 1.63. The second-order valence-corrected chi connectivity index (χ2v) is 5.54. The molecule has 0 atom stereocenters. The summed E-state index contributed by atoms with van der Waals surface area (Å²) in [6.07, 6.45) is 0.537. The maximum absolute atomic E-state index is 12.7. The second-order valence-electron chi connectivity index (χ2n) is 5.54. The van der Waals surface area contributed by atoms with Crippen LogP contribution in [0.15, 0.2) is 24.3 Å². The van der Waals surface area contributed by atoms with Crippen LogP contribution in [-0.2, 0) is 4.74 Å². The third-order valence-electron chi connectivity index (χ3n) is 4.19. The van der Waals surface area contributed by atoms with Crippen LogP contribution in [0.3, 0.4) is 0 Å². The molecule has 0 aromatic heterocycles. The van der Waals surface area contributed by atoms with E-state index in [1.807, 2.05) is 0 Å².